The minimum atomic E-state index is -3.04. The van der Waals surface area contributed by atoms with Crippen molar-refractivity contribution >= 4 is 15.7 Å². The van der Waals surface area contributed by atoms with Gasteiger partial charge in [-0.25, -0.2) is 8.42 Å². The second kappa shape index (κ2) is 6.60. The van der Waals surface area contributed by atoms with Gasteiger partial charge in [-0.1, -0.05) is 31.4 Å². The Morgan fingerprint density at radius 2 is 1.71 bits per heavy atom. The minimum Gasteiger partial charge on any atom is -0.339 e. The van der Waals surface area contributed by atoms with Gasteiger partial charge < -0.3 is 4.90 Å². The molecule has 116 valence electrons. The van der Waals surface area contributed by atoms with Crippen LogP contribution in [0.1, 0.15) is 48.0 Å². The van der Waals surface area contributed by atoms with Gasteiger partial charge in [-0.15, -0.1) is 0 Å². The van der Waals surface area contributed by atoms with Crippen LogP contribution in [0.3, 0.4) is 0 Å². The van der Waals surface area contributed by atoms with E-state index in [-0.39, 0.29) is 11.7 Å². The first-order valence-electron chi connectivity index (χ1n) is 7.40. The lowest BCUT2D eigenvalue weighted by Crippen LogP contribution is -2.38. The molecule has 0 saturated heterocycles. The van der Waals surface area contributed by atoms with E-state index in [1.807, 2.05) is 11.9 Å². The molecule has 0 N–H and O–H groups in total. The molecular formula is C16H23NO3S. The quantitative estimate of drug-likeness (QED) is 0.859. The van der Waals surface area contributed by atoms with Crippen LogP contribution in [-0.2, 0) is 15.6 Å². The van der Waals surface area contributed by atoms with Crippen LogP contribution in [-0.4, -0.2) is 38.6 Å². The monoisotopic (exact) mass is 309 g/mol. The Morgan fingerprint density at radius 1 is 1.14 bits per heavy atom. The summed E-state index contributed by atoms with van der Waals surface area (Å²) in [4.78, 5) is 14.3. The average Bonchev–Trinajstić information content (AvgIpc) is 2.46. The van der Waals surface area contributed by atoms with Gasteiger partial charge in [-0.3, -0.25) is 4.79 Å². The third kappa shape index (κ3) is 4.56. The molecule has 0 aromatic heterocycles. The summed E-state index contributed by atoms with van der Waals surface area (Å²) in [5, 5.41) is 0. The molecule has 0 bridgehead atoms. The highest BCUT2D eigenvalue weighted by molar-refractivity contribution is 7.89. The molecule has 4 nitrogen and oxygen atoms in total. The zero-order valence-electron chi connectivity index (χ0n) is 12.7. The van der Waals surface area contributed by atoms with Crippen molar-refractivity contribution in [1.29, 1.82) is 0 Å². The van der Waals surface area contributed by atoms with Gasteiger partial charge in [-0.05, 0) is 30.5 Å². The lowest BCUT2D eigenvalue weighted by atomic mass is 9.94. The molecule has 1 aliphatic carbocycles. The van der Waals surface area contributed by atoms with E-state index >= 15 is 0 Å². The van der Waals surface area contributed by atoms with Crippen molar-refractivity contribution < 1.29 is 13.2 Å². The molecule has 21 heavy (non-hydrogen) atoms. The molecule has 1 aromatic carbocycles. The lowest BCUT2D eigenvalue weighted by molar-refractivity contribution is 0.0696. The molecule has 0 atom stereocenters. The Balaban J connectivity index is 2.05. The van der Waals surface area contributed by atoms with E-state index in [0.29, 0.717) is 11.6 Å². The van der Waals surface area contributed by atoms with Crippen molar-refractivity contribution in [2.75, 3.05) is 13.3 Å². The normalized spacial score (nSPS) is 16.7. The summed E-state index contributed by atoms with van der Waals surface area (Å²) >= 11 is 0. The van der Waals surface area contributed by atoms with Gasteiger partial charge in [0.15, 0.2) is 9.84 Å². The molecule has 1 amide bonds. The number of hydrogen-bond donors (Lipinski definition) is 0. The van der Waals surface area contributed by atoms with Crippen LogP contribution in [0.5, 0.6) is 0 Å². The van der Waals surface area contributed by atoms with Gasteiger partial charge in [0, 0.05) is 24.9 Å². The predicted octanol–water partition coefficient (Wildman–Crippen LogP) is 2.64. The van der Waals surface area contributed by atoms with Crippen LogP contribution in [0.2, 0.25) is 0 Å². The maximum atomic E-state index is 12.4. The van der Waals surface area contributed by atoms with E-state index in [1.54, 1.807) is 24.3 Å². The van der Waals surface area contributed by atoms with Gasteiger partial charge in [0.1, 0.15) is 0 Å². The Morgan fingerprint density at radius 3 is 2.24 bits per heavy atom. The maximum absolute atomic E-state index is 12.4. The highest BCUT2D eigenvalue weighted by atomic mass is 32.2. The number of sulfone groups is 1. The molecule has 1 aliphatic rings. The highest BCUT2D eigenvalue weighted by Crippen LogP contribution is 2.23. The van der Waals surface area contributed by atoms with Gasteiger partial charge in [0.25, 0.3) is 5.91 Å². The van der Waals surface area contributed by atoms with E-state index in [1.165, 1.54) is 25.5 Å². The molecule has 1 saturated carbocycles. The molecule has 0 radical (unpaired) electrons. The zero-order valence-corrected chi connectivity index (χ0v) is 13.5. The minimum absolute atomic E-state index is 0.0138. The van der Waals surface area contributed by atoms with Gasteiger partial charge in [0.2, 0.25) is 0 Å². The molecule has 0 spiro atoms. The first-order valence-corrected chi connectivity index (χ1v) is 9.47. The summed E-state index contributed by atoms with van der Waals surface area (Å²) in [6.07, 6.45) is 7.01. The largest absolute Gasteiger partial charge is 0.339 e. The number of rotatable bonds is 4. The average molecular weight is 309 g/mol. The lowest BCUT2D eigenvalue weighted by Gasteiger charge is -2.31. The van der Waals surface area contributed by atoms with Crippen molar-refractivity contribution in [1.82, 2.24) is 4.90 Å². The zero-order chi connectivity index (χ0) is 15.5. The molecule has 2 rings (SSSR count). The second-order valence-electron chi connectivity index (χ2n) is 5.97. The number of benzene rings is 1. The maximum Gasteiger partial charge on any atom is 0.253 e. The summed E-state index contributed by atoms with van der Waals surface area (Å²) in [6.45, 7) is 0. The summed E-state index contributed by atoms with van der Waals surface area (Å²) in [7, 11) is -1.18. The van der Waals surface area contributed by atoms with Crippen molar-refractivity contribution in [3.05, 3.63) is 35.4 Å². The summed E-state index contributed by atoms with van der Waals surface area (Å²) in [5.74, 6) is 0.0349. The molecule has 0 unspecified atom stereocenters. The van der Waals surface area contributed by atoms with Gasteiger partial charge in [-0.2, -0.15) is 0 Å². The molecule has 1 fully saturated rings. The van der Waals surface area contributed by atoms with Gasteiger partial charge in [0.05, 0.1) is 5.75 Å². The van der Waals surface area contributed by atoms with Crippen LogP contribution in [0.25, 0.3) is 0 Å². The SMILES string of the molecule is CN(C(=O)c1ccc(CS(C)(=O)=O)cc1)C1CCCCC1. The molecule has 5 heteroatoms. The fraction of sp³-hybridized carbons (Fsp3) is 0.562. The Hall–Kier alpha value is -1.36. The topological polar surface area (TPSA) is 54.5 Å². The van der Waals surface area contributed by atoms with Crippen LogP contribution in [0.4, 0.5) is 0 Å². The number of hydrogen-bond acceptors (Lipinski definition) is 3. The molecule has 1 aromatic rings. The fourth-order valence-electron chi connectivity index (χ4n) is 2.88. The number of amides is 1. The Bertz CT molecular complexity index is 586. The van der Waals surface area contributed by atoms with Crippen molar-refractivity contribution in [2.45, 2.75) is 43.9 Å². The van der Waals surface area contributed by atoms with Crippen LogP contribution in [0, 0.1) is 0 Å². The first-order chi connectivity index (χ1) is 9.87. The second-order valence-corrected chi connectivity index (χ2v) is 8.12. The number of carbonyl (C=O) groups is 1. The van der Waals surface area contributed by atoms with E-state index in [0.717, 1.165) is 18.4 Å². The molecule has 0 aliphatic heterocycles. The van der Waals surface area contributed by atoms with Crippen molar-refractivity contribution in [3.63, 3.8) is 0 Å². The third-order valence-corrected chi connectivity index (χ3v) is 4.93. The van der Waals surface area contributed by atoms with Crippen LogP contribution >= 0.6 is 0 Å². The van der Waals surface area contributed by atoms with Crippen LogP contribution in [0.15, 0.2) is 24.3 Å². The summed E-state index contributed by atoms with van der Waals surface area (Å²) < 4.78 is 22.5. The smallest absolute Gasteiger partial charge is 0.253 e. The predicted molar refractivity (Wildman–Crippen MR) is 84.0 cm³/mol. The Kier molecular flexibility index (Phi) is 5.04. The summed E-state index contributed by atoms with van der Waals surface area (Å²) in [5.41, 5.74) is 1.34. The van der Waals surface area contributed by atoms with Crippen molar-refractivity contribution in [2.24, 2.45) is 0 Å². The standard InChI is InChI=1S/C16H23NO3S/c1-17(15-6-4-3-5-7-15)16(18)14-10-8-13(9-11-14)12-21(2,19)20/h8-11,15H,3-7,12H2,1-2H3. The Labute approximate surface area is 127 Å². The molecular weight excluding hydrogens is 286 g/mol. The van der Waals surface area contributed by atoms with E-state index in [4.69, 9.17) is 0 Å². The first kappa shape index (κ1) is 16.0. The van der Waals surface area contributed by atoms with Gasteiger partial charge >= 0.3 is 0 Å². The fourth-order valence-corrected chi connectivity index (χ4v) is 3.68. The van der Waals surface area contributed by atoms with E-state index in [2.05, 4.69) is 0 Å². The third-order valence-electron chi connectivity index (χ3n) is 4.07. The number of nitrogens with zero attached hydrogens (tertiary/aromatic N) is 1. The molecule has 0 heterocycles. The highest BCUT2D eigenvalue weighted by Gasteiger charge is 2.22. The van der Waals surface area contributed by atoms with E-state index < -0.39 is 9.84 Å². The van der Waals surface area contributed by atoms with E-state index in [9.17, 15) is 13.2 Å². The number of carbonyl (C=O) groups excluding carboxylic acids is 1. The van der Waals surface area contributed by atoms with Crippen molar-refractivity contribution in [3.8, 4) is 0 Å². The summed E-state index contributed by atoms with van der Waals surface area (Å²) in [6, 6.07) is 7.23. The van der Waals surface area contributed by atoms with Crippen LogP contribution < -0.4 is 0 Å².